The van der Waals surface area contributed by atoms with Crippen LogP contribution in [0.1, 0.15) is 0 Å². The first-order valence-electron chi connectivity index (χ1n) is 7.41. The van der Waals surface area contributed by atoms with E-state index in [-0.39, 0.29) is 22.6 Å². The fourth-order valence-electron chi connectivity index (χ4n) is 3.19. The van der Waals surface area contributed by atoms with Gasteiger partial charge in [-0.15, -0.1) is 0 Å². The third kappa shape index (κ3) is 2.77. The van der Waals surface area contributed by atoms with E-state index in [9.17, 15) is 10.1 Å². The summed E-state index contributed by atoms with van der Waals surface area (Å²) in [5, 5.41) is 11.7. The molecular weight excluding hydrogens is 423 g/mol. The maximum absolute atomic E-state index is 11.7. The highest BCUT2D eigenvalue weighted by molar-refractivity contribution is 14.1. The van der Waals surface area contributed by atoms with Crippen LogP contribution in [-0.4, -0.2) is 29.6 Å². The zero-order valence-corrected chi connectivity index (χ0v) is 15.5. The molecule has 24 heavy (non-hydrogen) atoms. The van der Waals surface area contributed by atoms with E-state index in [0.717, 1.165) is 17.1 Å². The van der Waals surface area contributed by atoms with E-state index in [1.165, 1.54) is 0 Å². The maximum Gasteiger partial charge on any atom is 0.275 e. The van der Waals surface area contributed by atoms with Crippen molar-refractivity contribution in [3.63, 3.8) is 0 Å². The van der Waals surface area contributed by atoms with Crippen molar-refractivity contribution in [2.75, 3.05) is 23.5 Å². The van der Waals surface area contributed by atoms with Crippen LogP contribution in [0.5, 0.6) is 5.75 Å². The highest BCUT2D eigenvalue weighted by atomic mass is 127. The highest BCUT2D eigenvalue weighted by Crippen LogP contribution is 2.42. The summed E-state index contributed by atoms with van der Waals surface area (Å²) in [5.41, 5.74) is 1.88. The van der Waals surface area contributed by atoms with Crippen molar-refractivity contribution < 1.29 is 14.4 Å². The number of fused-ring (bicyclic) bond motifs is 1. The Labute approximate surface area is 153 Å². The number of allylic oxidation sites excluding steroid dienone is 2. The van der Waals surface area contributed by atoms with Crippen LogP contribution in [0, 0.1) is 16.0 Å². The number of methoxy groups -OCH3 is 2. The molecule has 0 amide bonds. The lowest BCUT2D eigenvalue weighted by Crippen LogP contribution is -2.34. The van der Waals surface area contributed by atoms with Crippen LogP contribution in [0.25, 0.3) is 0 Å². The van der Waals surface area contributed by atoms with Crippen molar-refractivity contribution in [2.24, 2.45) is 5.92 Å². The zero-order valence-electron chi connectivity index (χ0n) is 13.3. The lowest BCUT2D eigenvalue weighted by molar-refractivity contribution is -0.431. The van der Waals surface area contributed by atoms with E-state index in [4.69, 9.17) is 9.47 Å². The van der Waals surface area contributed by atoms with Gasteiger partial charge < -0.3 is 14.4 Å². The Kier molecular flexibility index (Phi) is 4.79. The lowest BCUT2D eigenvalue weighted by Gasteiger charge is -2.30. The topological polar surface area (TPSA) is 64.8 Å². The number of ether oxygens (including phenoxy) is 2. The molecular formula is C17H17IN2O4. The van der Waals surface area contributed by atoms with Crippen LogP contribution in [0.4, 0.5) is 5.69 Å². The zero-order chi connectivity index (χ0) is 17.3. The first kappa shape index (κ1) is 16.8. The first-order valence-corrected chi connectivity index (χ1v) is 8.94. The third-order valence-corrected chi connectivity index (χ3v) is 5.00. The lowest BCUT2D eigenvalue weighted by atomic mass is 9.93. The van der Waals surface area contributed by atoms with Crippen molar-refractivity contribution in [2.45, 2.75) is 6.04 Å². The van der Waals surface area contributed by atoms with Crippen molar-refractivity contribution in [3.05, 3.63) is 69.8 Å². The number of halogens is 1. The van der Waals surface area contributed by atoms with Gasteiger partial charge in [0.2, 0.25) is 0 Å². The van der Waals surface area contributed by atoms with E-state index in [0.29, 0.717) is 10.2 Å². The number of nitrogens with zero attached hydrogens (tertiary/aromatic N) is 2. The Hall–Kier alpha value is -2.03. The predicted molar refractivity (Wildman–Crippen MR) is 99.9 cm³/mol. The summed E-state index contributed by atoms with van der Waals surface area (Å²) < 4.78 is 11.1. The second-order valence-electron chi connectivity index (χ2n) is 5.44. The van der Waals surface area contributed by atoms with Crippen LogP contribution in [-0.2, 0) is 4.74 Å². The van der Waals surface area contributed by atoms with E-state index in [1.807, 2.05) is 41.3 Å². The van der Waals surface area contributed by atoms with Crippen LogP contribution >= 0.6 is 22.6 Å². The fraction of sp³-hybridized carbons (Fsp3) is 0.294. The molecule has 6 nitrogen and oxygen atoms in total. The standard InChI is InChI=1S/C17H17IN2O4/c1-23-12-5-3-11(4-6-12)19-15-9-13(24-2)7-8-14(15)17(20(21)22)16(19)10-18/h3-9,14-15H,10H2,1-2H3. The van der Waals surface area contributed by atoms with E-state index >= 15 is 0 Å². The first-order chi connectivity index (χ1) is 11.6. The van der Waals surface area contributed by atoms with Gasteiger partial charge in [0.15, 0.2) is 0 Å². The Morgan fingerprint density at radius 3 is 2.50 bits per heavy atom. The quantitative estimate of drug-likeness (QED) is 0.304. The number of anilines is 1. The molecule has 0 radical (unpaired) electrons. The molecule has 0 saturated carbocycles. The molecule has 1 aromatic carbocycles. The summed E-state index contributed by atoms with van der Waals surface area (Å²) in [5.74, 6) is 1.18. The molecule has 126 valence electrons. The minimum Gasteiger partial charge on any atom is -0.497 e. The molecule has 0 spiro atoms. The monoisotopic (exact) mass is 440 g/mol. The Bertz CT molecular complexity index is 739. The molecule has 1 aliphatic carbocycles. The molecule has 2 atom stereocenters. The average Bonchev–Trinajstić information content (AvgIpc) is 2.95. The van der Waals surface area contributed by atoms with Crippen LogP contribution < -0.4 is 9.64 Å². The summed E-state index contributed by atoms with van der Waals surface area (Å²) >= 11 is 2.18. The summed E-state index contributed by atoms with van der Waals surface area (Å²) in [6.45, 7) is 0. The molecule has 1 aliphatic heterocycles. The maximum atomic E-state index is 11.7. The second-order valence-corrected chi connectivity index (χ2v) is 6.20. The van der Waals surface area contributed by atoms with Crippen LogP contribution in [0.15, 0.2) is 59.6 Å². The Morgan fingerprint density at radius 2 is 1.96 bits per heavy atom. The van der Waals surface area contributed by atoms with Gasteiger partial charge >= 0.3 is 0 Å². The highest BCUT2D eigenvalue weighted by Gasteiger charge is 2.46. The normalized spacial score (nSPS) is 22.3. The summed E-state index contributed by atoms with van der Waals surface area (Å²) in [6.07, 6.45) is 5.60. The van der Waals surface area contributed by atoms with Gasteiger partial charge in [-0.3, -0.25) is 10.1 Å². The molecule has 1 aromatic rings. The minimum atomic E-state index is -0.286. The predicted octanol–water partition coefficient (Wildman–Crippen LogP) is 3.52. The SMILES string of the molecule is COC1=CC2C(C=C1)C([N+](=O)[O-])=C(CI)N2c1ccc(OC)cc1. The number of nitro groups is 1. The van der Waals surface area contributed by atoms with Gasteiger partial charge in [-0.2, -0.15) is 0 Å². The number of rotatable bonds is 5. The Morgan fingerprint density at radius 1 is 1.25 bits per heavy atom. The minimum absolute atomic E-state index is 0.163. The number of hydrogen-bond acceptors (Lipinski definition) is 5. The van der Waals surface area contributed by atoms with Gasteiger partial charge in [-0.1, -0.05) is 28.7 Å². The summed E-state index contributed by atoms with van der Waals surface area (Å²) in [7, 11) is 3.21. The molecule has 0 saturated heterocycles. The number of hydrogen-bond donors (Lipinski definition) is 0. The van der Waals surface area contributed by atoms with Crippen molar-refractivity contribution >= 4 is 28.3 Å². The summed E-state index contributed by atoms with van der Waals surface area (Å²) in [6, 6.07) is 7.40. The molecule has 0 fully saturated rings. The van der Waals surface area contributed by atoms with Gasteiger partial charge in [0.05, 0.1) is 31.1 Å². The van der Waals surface area contributed by atoms with E-state index < -0.39 is 0 Å². The molecule has 2 unspecified atom stereocenters. The molecule has 0 N–H and O–H groups in total. The van der Waals surface area contributed by atoms with Gasteiger partial charge in [0.1, 0.15) is 17.2 Å². The van der Waals surface area contributed by atoms with E-state index in [1.54, 1.807) is 20.3 Å². The van der Waals surface area contributed by atoms with Crippen molar-refractivity contribution in [1.82, 2.24) is 0 Å². The smallest absolute Gasteiger partial charge is 0.275 e. The molecule has 0 aromatic heterocycles. The van der Waals surface area contributed by atoms with Gasteiger partial charge in [-0.05, 0) is 36.4 Å². The molecule has 0 bridgehead atoms. The van der Waals surface area contributed by atoms with Gasteiger partial charge in [0, 0.05) is 10.1 Å². The van der Waals surface area contributed by atoms with Crippen LogP contribution in [0.2, 0.25) is 0 Å². The molecule has 1 heterocycles. The average molecular weight is 440 g/mol. The Balaban J connectivity index is 2.10. The molecule has 3 rings (SSSR count). The second kappa shape index (κ2) is 6.84. The van der Waals surface area contributed by atoms with Crippen LogP contribution in [0.3, 0.4) is 0 Å². The largest absolute Gasteiger partial charge is 0.497 e. The van der Waals surface area contributed by atoms with Gasteiger partial charge in [-0.25, -0.2) is 0 Å². The fourth-order valence-corrected chi connectivity index (χ4v) is 3.95. The molecule has 2 aliphatic rings. The van der Waals surface area contributed by atoms with E-state index in [2.05, 4.69) is 22.6 Å². The van der Waals surface area contributed by atoms with Gasteiger partial charge in [0.25, 0.3) is 5.70 Å². The number of alkyl halides is 1. The summed E-state index contributed by atoms with van der Waals surface area (Å²) in [4.78, 5) is 13.4. The molecule has 7 heteroatoms. The van der Waals surface area contributed by atoms with Crippen molar-refractivity contribution in [1.29, 1.82) is 0 Å². The van der Waals surface area contributed by atoms with Crippen molar-refractivity contribution in [3.8, 4) is 5.75 Å². The number of benzene rings is 1. The third-order valence-electron chi connectivity index (χ3n) is 4.28.